The summed E-state index contributed by atoms with van der Waals surface area (Å²) in [6, 6.07) is 0.183. The van der Waals surface area contributed by atoms with Crippen molar-refractivity contribution in [2.24, 2.45) is 11.7 Å². The minimum atomic E-state index is -0.158. The van der Waals surface area contributed by atoms with Crippen LogP contribution in [0.1, 0.15) is 39.5 Å². The van der Waals surface area contributed by atoms with Crippen LogP contribution in [0.25, 0.3) is 0 Å². The maximum Gasteiger partial charge on any atom is 0.0772 e. The van der Waals surface area contributed by atoms with Crippen LogP contribution in [-0.2, 0) is 4.74 Å². The van der Waals surface area contributed by atoms with Gasteiger partial charge in [0.1, 0.15) is 0 Å². The van der Waals surface area contributed by atoms with Gasteiger partial charge in [-0.25, -0.2) is 0 Å². The van der Waals surface area contributed by atoms with E-state index in [1.165, 1.54) is 19.3 Å². The Hall–Kier alpha value is -0.0800. The lowest BCUT2D eigenvalue weighted by Gasteiger charge is -2.30. The fourth-order valence-corrected chi connectivity index (χ4v) is 1.32. The Balaban J connectivity index is 2.20. The van der Waals surface area contributed by atoms with E-state index in [1.807, 2.05) is 0 Å². The van der Waals surface area contributed by atoms with Gasteiger partial charge < -0.3 is 10.5 Å². The van der Waals surface area contributed by atoms with Crippen LogP contribution in [0, 0.1) is 5.92 Å². The summed E-state index contributed by atoms with van der Waals surface area (Å²) in [7, 11) is 1.73. The van der Waals surface area contributed by atoms with Crippen molar-refractivity contribution in [3.05, 3.63) is 0 Å². The Kier molecular flexibility index (Phi) is 3.13. The van der Waals surface area contributed by atoms with Crippen molar-refractivity contribution in [3.8, 4) is 0 Å². The fraction of sp³-hybridized carbons (Fsp3) is 1.00. The molecule has 2 N–H and O–H groups in total. The third-order valence-corrected chi connectivity index (χ3v) is 3.00. The molecule has 0 spiro atoms. The molecule has 1 aliphatic rings. The van der Waals surface area contributed by atoms with Crippen molar-refractivity contribution >= 4 is 0 Å². The molecule has 1 unspecified atom stereocenters. The normalized spacial score (nSPS) is 21.0. The highest BCUT2D eigenvalue weighted by atomic mass is 16.5. The summed E-state index contributed by atoms with van der Waals surface area (Å²) in [5.74, 6) is 0.976. The number of ether oxygens (including phenoxy) is 1. The Morgan fingerprint density at radius 3 is 2.50 bits per heavy atom. The van der Waals surface area contributed by atoms with Crippen LogP contribution in [0.5, 0.6) is 0 Å². The average molecular weight is 171 g/mol. The Morgan fingerprint density at radius 2 is 2.08 bits per heavy atom. The van der Waals surface area contributed by atoms with Crippen LogP contribution in [0.15, 0.2) is 0 Å². The van der Waals surface area contributed by atoms with Gasteiger partial charge in [0.2, 0.25) is 0 Å². The second kappa shape index (κ2) is 3.75. The number of rotatable bonds is 5. The zero-order valence-electron chi connectivity index (χ0n) is 8.47. The van der Waals surface area contributed by atoms with Crippen LogP contribution < -0.4 is 5.73 Å². The molecule has 1 aliphatic carbocycles. The molecule has 1 saturated carbocycles. The number of hydrogen-bond donors (Lipinski definition) is 1. The Morgan fingerprint density at radius 1 is 1.50 bits per heavy atom. The van der Waals surface area contributed by atoms with E-state index in [0.717, 1.165) is 12.3 Å². The van der Waals surface area contributed by atoms with Crippen molar-refractivity contribution in [2.45, 2.75) is 51.2 Å². The molecular weight excluding hydrogens is 150 g/mol. The van der Waals surface area contributed by atoms with Crippen LogP contribution in [-0.4, -0.2) is 18.8 Å². The molecule has 0 saturated heterocycles. The highest BCUT2D eigenvalue weighted by Crippen LogP contribution is 2.34. The molecular formula is C10H21NO. The average Bonchev–Trinajstić information content (AvgIpc) is 2.83. The summed E-state index contributed by atoms with van der Waals surface area (Å²) in [4.78, 5) is 0. The molecule has 12 heavy (non-hydrogen) atoms. The number of hydrogen-bond acceptors (Lipinski definition) is 2. The van der Waals surface area contributed by atoms with Crippen molar-refractivity contribution in [1.29, 1.82) is 0 Å². The summed E-state index contributed by atoms with van der Waals surface area (Å²) < 4.78 is 5.33. The highest BCUT2D eigenvalue weighted by molar-refractivity contribution is 4.84. The van der Waals surface area contributed by atoms with E-state index >= 15 is 0 Å². The van der Waals surface area contributed by atoms with E-state index in [4.69, 9.17) is 10.5 Å². The lowest BCUT2D eigenvalue weighted by molar-refractivity contribution is -0.00220. The standard InChI is InChI=1S/C10H21NO/c1-10(2,12-3)9(11)7-6-8-4-5-8/h8-9H,4-7,11H2,1-3H3. The molecule has 0 aromatic carbocycles. The smallest absolute Gasteiger partial charge is 0.0772 e. The first-order valence-corrected chi connectivity index (χ1v) is 4.87. The predicted molar refractivity (Wildman–Crippen MR) is 51.0 cm³/mol. The van der Waals surface area contributed by atoms with Gasteiger partial charge in [-0.3, -0.25) is 0 Å². The molecule has 2 nitrogen and oxygen atoms in total. The summed E-state index contributed by atoms with van der Waals surface area (Å²) in [5.41, 5.74) is 5.86. The molecule has 2 heteroatoms. The first kappa shape index (κ1) is 10.0. The molecule has 72 valence electrons. The topological polar surface area (TPSA) is 35.2 Å². The van der Waals surface area contributed by atoms with Gasteiger partial charge in [0.05, 0.1) is 5.60 Å². The summed E-state index contributed by atoms with van der Waals surface area (Å²) in [6.45, 7) is 4.12. The van der Waals surface area contributed by atoms with Crippen molar-refractivity contribution < 1.29 is 4.74 Å². The van der Waals surface area contributed by atoms with Gasteiger partial charge in [-0.05, 0) is 32.6 Å². The van der Waals surface area contributed by atoms with Crippen molar-refractivity contribution in [1.82, 2.24) is 0 Å². The quantitative estimate of drug-likeness (QED) is 0.686. The van der Waals surface area contributed by atoms with Crippen LogP contribution in [0.2, 0.25) is 0 Å². The fourth-order valence-electron chi connectivity index (χ4n) is 1.32. The Bertz CT molecular complexity index is 141. The van der Waals surface area contributed by atoms with Crippen molar-refractivity contribution in [3.63, 3.8) is 0 Å². The molecule has 0 aromatic rings. The molecule has 0 aromatic heterocycles. The summed E-state index contributed by atoms with van der Waals surface area (Å²) >= 11 is 0. The zero-order valence-corrected chi connectivity index (χ0v) is 8.47. The van der Waals surface area contributed by atoms with Gasteiger partial charge in [0, 0.05) is 13.2 Å². The van der Waals surface area contributed by atoms with E-state index < -0.39 is 0 Å². The molecule has 0 radical (unpaired) electrons. The van der Waals surface area contributed by atoms with E-state index in [-0.39, 0.29) is 11.6 Å². The summed E-state index contributed by atoms with van der Waals surface area (Å²) in [6.07, 6.45) is 5.22. The largest absolute Gasteiger partial charge is 0.377 e. The maximum absolute atomic E-state index is 6.01. The van der Waals surface area contributed by atoms with Gasteiger partial charge in [-0.1, -0.05) is 12.8 Å². The van der Waals surface area contributed by atoms with E-state index in [0.29, 0.717) is 0 Å². The van der Waals surface area contributed by atoms with E-state index in [1.54, 1.807) is 7.11 Å². The van der Waals surface area contributed by atoms with Gasteiger partial charge in [-0.2, -0.15) is 0 Å². The van der Waals surface area contributed by atoms with Crippen LogP contribution >= 0.6 is 0 Å². The van der Waals surface area contributed by atoms with Crippen LogP contribution in [0.3, 0.4) is 0 Å². The second-order valence-corrected chi connectivity index (χ2v) is 4.43. The molecule has 0 bridgehead atoms. The molecule has 0 heterocycles. The Labute approximate surface area is 75.5 Å². The van der Waals surface area contributed by atoms with Gasteiger partial charge >= 0.3 is 0 Å². The van der Waals surface area contributed by atoms with E-state index in [2.05, 4.69) is 13.8 Å². The SMILES string of the molecule is COC(C)(C)C(N)CCC1CC1. The molecule has 0 amide bonds. The molecule has 0 aliphatic heterocycles. The molecule has 1 rings (SSSR count). The van der Waals surface area contributed by atoms with Gasteiger partial charge in [0.15, 0.2) is 0 Å². The highest BCUT2D eigenvalue weighted by Gasteiger charge is 2.28. The minimum absolute atomic E-state index is 0.158. The lowest BCUT2D eigenvalue weighted by atomic mass is 9.94. The van der Waals surface area contributed by atoms with Crippen molar-refractivity contribution in [2.75, 3.05) is 7.11 Å². The minimum Gasteiger partial charge on any atom is -0.377 e. The third-order valence-electron chi connectivity index (χ3n) is 3.00. The van der Waals surface area contributed by atoms with E-state index in [9.17, 15) is 0 Å². The number of nitrogens with two attached hydrogens (primary N) is 1. The lowest BCUT2D eigenvalue weighted by Crippen LogP contribution is -2.44. The number of methoxy groups -OCH3 is 1. The first-order valence-electron chi connectivity index (χ1n) is 4.87. The first-order chi connectivity index (χ1) is 5.56. The maximum atomic E-state index is 6.01. The van der Waals surface area contributed by atoms with Gasteiger partial charge in [0.25, 0.3) is 0 Å². The van der Waals surface area contributed by atoms with Crippen LogP contribution in [0.4, 0.5) is 0 Å². The second-order valence-electron chi connectivity index (χ2n) is 4.43. The zero-order chi connectivity index (χ0) is 9.19. The van der Waals surface area contributed by atoms with Gasteiger partial charge in [-0.15, -0.1) is 0 Å². The predicted octanol–water partition coefficient (Wildman–Crippen LogP) is 1.93. The monoisotopic (exact) mass is 171 g/mol. The summed E-state index contributed by atoms with van der Waals surface area (Å²) in [5, 5.41) is 0. The third kappa shape index (κ3) is 2.76. The molecule has 1 fully saturated rings. The molecule has 1 atom stereocenters.